The van der Waals surface area contributed by atoms with Crippen LogP contribution in [0, 0.1) is 19.7 Å². The Morgan fingerprint density at radius 2 is 1.79 bits per heavy atom. The predicted octanol–water partition coefficient (Wildman–Crippen LogP) is 4.14. The van der Waals surface area contributed by atoms with E-state index in [4.69, 9.17) is 0 Å². The van der Waals surface area contributed by atoms with Crippen molar-refractivity contribution in [1.29, 1.82) is 0 Å². The van der Waals surface area contributed by atoms with Gasteiger partial charge in [0.25, 0.3) is 0 Å². The second-order valence-corrected chi connectivity index (χ2v) is 4.87. The minimum Gasteiger partial charge on any atom is -0.306 e. The number of hydrogen-bond acceptors (Lipinski definition) is 1. The van der Waals surface area contributed by atoms with Crippen LogP contribution in [0.3, 0.4) is 0 Å². The second-order valence-electron chi connectivity index (χ2n) is 4.87. The zero-order valence-electron chi connectivity index (χ0n) is 11.7. The Hall–Kier alpha value is -1.67. The summed E-state index contributed by atoms with van der Waals surface area (Å²) in [6.07, 6.45) is 0. The van der Waals surface area contributed by atoms with E-state index in [0.29, 0.717) is 0 Å². The molecule has 2 heteroatoms. The molecule has 1 unspecified atom stereocenters. The van der Waals surface area contributed by atoms with Gasteiger partial charge in [0.2, 0.25) is 0 Å². The third kappa shape index (κ3) is 3.02. The van der Waals surface area contributed by atoms with Gasteiger partial charge in [0.05, 0.1) is 6.04 Å². The van der Waals surface area contributed by atoms with Crippen LogP contribution in [0.25, 0.3) is 0 Å². The number of aryl methyl sites for hydroxylation is 2. The first-order chi connectivity index (χ1) is 9.13. The number of halogens is 1. The van der Waals surface area contributed by atoms with Crippen molar-refractivity contribution in [3.8, 4) is 0 Å². The maximum Gasteiger partial charge on any atom is 0.128 e. The Morgan fingerprint density at radius 3 is 2.47 bits per heavy atom. The van der Waals surface area contributed by atoms with Crippen LogP contribution in [0.1, 0.15) is 35.2 Å². The fourth-order valence-electron chi connectivity index (χ4n) is 2.39. The van der Waals surface area contributed by atoms with Crippen molar-refractivity contribution in [2.75, 3.05) is 6.54 Å². The summed E-state index contributed by atoms with van der Waals surface area (Å²) in [5, 5.41) is 3.38. The van der Waals surface area contributed by atoms with E-state index in [2.05, 4.69) is 24.4 Å². The summed E-state index contributed by atoms with van der Waals surface area (Å²) in [7, 11) is 0. The largest absolute Gasteiger partial charge is 0.306 e. The van der Waals surface area contributed by atoms with Gasteiger partial charge in [-0.3, -0.25) is 0 Å². The molecule has 0 bridgehead atoms. The molecule has 0 heterocycles. The molecule has 0 aromatic heterocycles. The maximum absolute atomic E-state index is 14.1. The molecular formula is C17H20FN. The van der Waals surface area contributed by atoms with Crippen LogP contribution in [-0.4, -0.2) is 6.54 Å². The van der Waals surface area contributed by atoms with Gasteiger partial charge in [0.15, 0.2) is 0 Å². The number of nitrogens with one attached hydrogen (secondary N) is 1. The number of hydrogen-bond donors (Lipinski definition) is 1. The molecule has 2 aromatic rings. The van der Waals surface area contributed by atoms with Crippen LogP contribution < -0.4 is 5.32 Å². The van der Waals surface area contributed by atoms with Crippen LogP contribution in [-0.2, 0) is 0 Å². The van der Waals surface area contributed by atoms with E-state index >= 15 is 0 Å². The number of rotatable bonds is 4. The first-order valence-electron chi connectivity index (χ1n) is 6.68. The summed E-state index contributed by atoms with van der Waals surface area (Å²) >= 11 is 0. The summed E-state index contributed by atoms with van der Waals surface area (Å²) in [5.74, 6) is -0.153. The minimum absolute atomic E-state index is 0.0916. The molecule has 2 aromatic carbocycles. The fraction of sp³-hybridized carbons (Fsp3) is 0.294. The minimum atomic E-state index is -0.153. The molecule has 0 fully saturated rings. The molecule has 0 amide bonds. The van der Waals surface area contributed by atoms with Crippen LogP contribution in [0.2, 0.25) is 0 Å². The molecule has 0 saturated carbocycles. The monoisotopic (exact) mass is 257 g/mol. The van der Waals surface area contributed by atoms with Gasteiger partial charge in [-0.15, -0.1) is 0 Å². The van der Waals surface area contributed by atoms with Gasteiger partial charge in [0, 0.05) is 5.56 Å². The first kappa shape index (κ1) is 13.8. The van der Waals surface area contributed by atoms with E-state index in [9.17, 15) is 4.39 Å². The van der Waals surface area contributed by atoms with Crippen molar-refractivity contribution < 1.29 is 4.39 Å². The van der Waals surface area contributed by atoms with Gasteiger partial charge in [-0.25, -0.2) is 4.39 Å². The fourth-order valence-corrected chi connectivity index (χ4v) is 2.39. The van der Waals surface area contributed by atoms with Crippen LogP contribution in [0.5, 0.6) is 0 Å². The Kier molecular flexibility index (Phi) is 4.33. The summed E-state index contributed by atoms with van der Waals surface area (Å²) in [6.45, 7) is 6.89. The highest BCUT2D eigenvalue weighted by atomic mass is 19.1. The highest BCUT2D eigenvalue weighted by Crippen LogP contribution is 2.27. The molecule has 2 rings (SSSR count). The molecule has 0 saturated heterocycles. The molecule has 0 aliphatic rings. The summed E-state index contributed by atoms with van der Waals surface area (Å²) in [4.78, 5) is 0. The average molecular weight is 257 g/mol. The van der Waals surface area contributed by atoms with E-state index in [1.165, 1.54) is 5.56 Å². The van der Waals surface area contributed by atoms with Crippen molar-refractivity contribution in [3.05, 3.63) is 70.5 Å². The van der Waals surface area contributed by atoms with E-state index in [1.807, 2.05) is 32.0 Å². The molecule has 1 nitrogen and oxygen atoms in total. The molecule has 0 radical (unpaired) electrons. The normalized spacial score (nSPS) is 12.4. The van der Waals surface area contributed by atoms with Crippen molar-refractivity contribution in [2.45, 2.75) is 26.8 Å². The standard InChI is InChI=1S/C17H20FN/c1-4-19-17(14-8-6-5-7-13(14)3)15-11-12(2)9-10-16(15)18/h5-11,17,19H,4H2,1-3H3. The predicted molar refractivity (Wildman–Crippen MR) is 77.8 cm³/mol. The molecule has 1 atom stereocenters. The lowest BCUT2D eigenvalue weighted by Crippen LogP contribution is -2.23. The Morgan fingerprint density at radius 1 is 1.05 bits per heavy atom. The highest BCUT2D eigenvalue weighted by Gasteiger charge is 2.18. The molecule has 100 valence electrons. The van der Waals surface area contributed by atoms with Gasteiger partial charge in [-0.05, 0) is 37.6 Å². The molecule has 0 aliphatic heterocycles. The molecule has 0 spiro atoms. The average Bonchev–Trinajstić information content (AvgIpc) is 2.40. The SMILES string of the molecule is CCNC(c1ccccc1C)c1cc(C)ccc1F. The molecule has 19 heavy (non-hydrogen) atoms. The maximum atomic E-state index is 14.1. The quantitative estimate of drug-likeness (QED) is 0.868. The lowest BCUT2D eigenvalue weighted by atomic mass is 9.93. The van der Waals surface area contributed by atoms with Crippen molar-refractivity contribution in [2.24, 2.45) is 0 Å². The Balaban J connectivity index is 2.51. The molecule has 0 aliphatic carbocycles. The topological polar surface area (TPSA) is 12.0 Å². The smallest absolute Gasteiger partial charge is 0.128 e. The van der Waals surface area contributed by atoms with Crippen LogP contribution >= 0.6 is 0 Å². The summed E-state index contributed by atoms with van der Waals surface area (Å²) < 4.78 is 14.1. The van der Waals surface area contributed by atoms with Crippen LogP contribution in [0.15, 0.2) is 42.5 Å². The van der Waals surface area contributed by atoms with Gasteiger partial charge >= 0.3 is 0 Å². The molecular weight excluding hydrogens is 237 g/mol. The second kappa shape index (κ2) is 5.98. The third-order valence-corrected chi connectivity index (χ3v) is 3.37. The van der Waals surface area contributed by atoms with Crippen molar-refractivity contribution in [1.82, 2.24) is 5.32 Å². The molecule has 1 N–H and O–H groups in total. The third-order valence-electron chi connectivity index (χ3n) is 3.37. The van der Waals surface area contributed by atoms with E-state index in [1.54, 1.807) is 12.1 Å². The summed E-state index contributed by atoms with van der Waals surface area (Å²) in [5.41, 5.74) is 4.10. The van der Waals surface area contributed by atoms with Crippen molar-refractivity contribution >= 4 is 0 Å². The van der Waals surface area contributed by atoms with E-state index in [-0.39, 0.29) is 11.9 Å². The Bertz CT molecular complexity index is 563. The van der Waals surface area contributed by atoms with Gasteiger partial charge in [-0.2, -0.15) is 0 Å². The van der Waals surface area contributed by atoms with Gasteiger partial charge in [0.1, 0.15) is 5.82 Å². The van der Waals surface area contributed by atoms with Gasteiger partial charge < -0.3 is 5.32 Å². The van der Waals surface area contributed by atoms with E-state index < -0.39 is 0 Å². The van der Waals surface area contributed by atoms with E-state index in [0.717, 1.165) is 23.2 Å². The van der Waals surface area contributed by atoms with Crippen LogP contribution in [0.4, 0.5) is 4.39 Å². The van der Waals surface area contributed by atoms with Gasteiger partial charge in [-0.1, -0.05) is 48.9 Å². The zero-order valence-corrected chi connectivity index (χ0v) is 11.7. The first-order valence-corrected chi connectivity index (χ1v) is 6.68. The lowest BCUT2D eigenvalue weighted by Gasteiger charge is -2.21. The highest BCUT2D eigenvalue weighted by molar-refractivity contribution is 5.38. The Labute approximate surface area is 114 Å². The summed E-state index contributed by atoms with van der Waals surface area (Å²) in [6, 6.07) is 13.3. The lowest BCUT2D eigenvalue weighted by molar-refractivity contribution is 0.557. The number of benzene rings is 2. The zero-order chi connectivity index (χ0) is 13.8. The van der Waals surface area contributed by atoms with Crippen molar-refractivity contribution in [3.63, 3.8) is 0 Å².